The quantitative estimate of drug-likeness (QED) is 0.347. The van der Waals surface area contributed by atoms with Crippen LogP contribution in [0, 0.1) is 45.6 Å². The Labute approximate surface area is 183 Å². The van der Waals surface area contributed by atoms with E-state index >= 15 is 0 Å². The summed E-state index contributed by atoms with van der Waals surface area (Å²) >= 11 is 0. The first-order valence-electron chi connectivity index (χ1n) is 10.7. The van der Waals surface area contributed by atoms with E-state index in [1.165, 1.54) is 23.1 Å². The molecule has 0 radical (unpaired) electrons. The molecule has 1 saturated heterocycles. The van der Waals surface area contributed by atoms with Crippen LogP contribution in [0.15, 0.2) is 60.7 Å². The van der Waals surface area contributed by atoms with Crippen molar-refractivity contribution in [1.29, 1.82) is 0 Å². The largest absolute Gasteiger partial charge is 0.322 e. The molecular weight excluding hydrogens is 410 g/mol. The van der Waals surface area contributed by atoms with Gasteiger partial charge in [0.05, 0.1) is 22.4 Å². The van der Waals surface area contributed by atoms with Crippen molar-refractivity contribution in [2.45, 2.75) is 6.42 Å². The summed E-state index contributed by atoms with van der Waals surface area (Å²) in [6.07, 6.45) is 5.39. The Morgan fingerprint density at radius 2 is 1.59 bits per heavy atom. The standard InChI is InChI=1S/C24H19N3O5/c28-22(25-13-2-1-3-15(10-13)27(31)32)12-4-6-14(7-5-12)26-23(29)20-16-8-9-17(19-11-18(16)19)21(20)24(26)30/h1-10,16-21H,11H2,(H,25,28). The number of hydrogen-bond acceptors (Lipinski definition) is 5. The van der Waals surface area contributed by atoms with Gasteiger partial charge in [-0.2, -0.15) is 0 Å². The molecule has 2 aromatic rings. The van der Waals surface area contributed by atoms with Crippen LogP contribution in [0.3, 0.4) is 0 Å². The number of rotatable bonds is 4. The molecule has 0 aromatic heterocycles. The third-order valence-electron chi connectivity index (χ3n) is 7.37. The molecule has 2 saturated carbocycles. The van der Waals surface area contributed by atoms with E-state index in [1.807, 2.05) is 0 Å². The van der Waals surface area contributed by atoms with E-state index < -0.39 is 10.8 Å². The highest BCUT2D eigenvalue weighted by atomic mass is 16.6. The zero-order valence-corrected chi connectivity index (χ0v) is 16.9. The first kappa shape index (κ1) is 18.9. The van der Waals surface area contributed by atoms with Crippen molar-refractivity contribution >= 4 is 34.8 Å². The summed E-state index contributed by atoms with van der Waals surface area (Å²) in [6, 6.07) is 12.0. The average Bonchev–Trinajstić information content (AvgIpc) is 3.57. The highest BCUT2D eigenvalue weighted by Gasteiger charge is 2.67. The summed E-state index contributed by atoms with van der Waals surface area (Å²) in [5, 5.41) is 13.5. The van der Waals surface area contributed by atoms with E-state index in [9.17, 15) is 24.5 Å². The Morgan fingerprint density at radius 1 is 0.969 bits per heavy atom. The molecule has 0 spiro atoms. The minimum atomic E-state index is -0.530. The number of carbonyl (C=O) groups excluding carboxylic acids is 3. The number of nitro benzene ring substituents is 1. The van der Waals surface area contributed by atoms with Crippen LogP contribution in [0.5, 0.6) is 0 Å². The number of nitro groups is 1. The van der Waals surface area contributed by atoms with Gasteiger partial charge in [0, 0.05) is 23.4 Å². The van der Waals surface area contributed by atoms with Gasteiger partial charge in [0.15, 0.2) is 0 Å². The third kappa shape index (κ3) is 2.65. The van der Waals surface area contributed by atoms with Crippen LogP contribution in [-0.4, -0.2) is 22.6 Å². The molecule has 1 aliphatic heterocycles. The highest BCUT2D eigenvalue weighted by Crippen LogP contribution is 2.65. The topological polar surface area (TPSA) is 110 Å². The SMILES string of the molecule is O=C(Nc1cccc([N+](=O)[O-])c1)c1ccc(N2C(=O)C3C4C=CC(C5CC45)C3C2=O)cc1. The molecule has 5 aliphatic rings. The molecule has 8 nitrogen and oxygen atoms in total. The van der Waals surface area contributed by atoms with Gasteiger partial charge in [-0.1, -0.05) is 18.2 Å². The summed E-state index contributed by atoms with van der Waals surface area (Å²) < 4.78 is 0. The van der Waals surface area contributed by atoms with Crippen LogP contribution < -0.4 is 10.2 Å². The Morgan fingerprint density at radius 3 is 2.19 bits per heavy atom. The smallest absolute Gasteiger partial charge is 0.271 e. The summed E-state index contributed by atoms with van der Waals surface area (Å²) in [5.41, 5.74) is 0.977. The lowest BCUT2D eigenvalue weighted by atomic mass is 9.63. The van der Waals surface area contributed by atoms with E-state index in [1.54, 1.807) is 30.3 Å². The number of non-ortho nitro benzene ring substituents is 1. The maximum atomic E-state index is 13.2. The molecule has 2 aromatic carbocycles. The second kappa shape index (κ2) is 6.59. The lowest BCUT2D eigenvalue weighted by Gasteiger charge is -2.37. The Bertz CT molecular complexity index is 1180. The zero-order chi connectivity index (χ0) is 22.1. The van der Waals surface area contributed by atoms with Gasteiger partial charge >= 0.3 is 0 Å². The third-order valence-corrected chi connectivity index (χ3v) is 7.37. The summed E-state index contributed by atoms with van der Waals surface area (Å²) in [5.74, 6) is 0.166. The first-order valence-corrected chi connectivity index (χ1v) is 10.7. The van der Waals surface area contributed by atoms with E-state index in [0.717, 1.165) is 6.42 Å². The molecule has 1 heterocycles. The van der Waals surface area contributed by atoms with Crippen molar-refractivity contribution in [1.82, 2.24) is 0 Å². The molecule has 32 heavy (non-hydrogen) atoms. The van der Waals surface area contributed by atoms with E-state index in [-0.39, 0.29) is 41.2 Å². The molecule has 7 rings (SSSR count). The van der Waals surface area contributed by atoms with Crippen LogP contribution in [0.25, 0.3) is 0 Å². The normalized spacial score (nSPS) is 31.3. The zero-order valence-electron chi connectivity index (χ0n) is 16.9. The number of amides is 3. The molecule has 160 valence electrons. The van der Waals surface area contributed by atoms with Crippen molar-refractivity contribution in [3.05, 3.63) is 76.4 Å². The maximum absolute atomic E-state index is 13.2. The van der Waals surface area contributed by atoms with Crippen molar-refractivity contribution in [2.24, 2.45) is 35.5 Å². The minimum absolute atomic E-state index is 0.119. The number of nitrogens with zero attached hydrogens (tertiary/aromatic N) is 2. The number of carbonyl (C=O) groups is 3. The molecule has 6 unspecified atom stereocenters. The summed E-state index contributed by atoms with van der Waals surface area (Å²) in [4.78, 5) is 50.6. The fourth-order valence-electron chi connectivity index (χ4n) is 5.87. The molecule has 3 fully saturated rings. The van der Waals surface area contributed by atoms with Crippen molar-refractivity contribution in [3.63, 3.8) is 0 Å². The Kier molecular flexibility index (Phi) is 3.90. The number of imide groups is 1. The fraction of sp³-hybridized carbons (Fsp3) is 0.292. The van der Waals surface area contributed by atoms with E-state index in [0.29, 0.717) is 28.8 Å². The number of hydrogen-bond donors (Lipinski definition) is 1. The van der Waals surface area contributed by atoms with Gasteiger partial charge in [-0.05, 0) is 60.4 Å². The lowest BCUT2D eigenvalue weighted by Crippen LogP contribution is -2.40. The summed E-state index contributed by atoms with van der Waals surface area (Å²) in [7, 11) is 0. The molecule has 2 bridgehead atoms. The van der Waals surface area contributed by atoms with Gasteiger partial charge in [-0.25, -0.2) is 0 Å². The van der Waals surface area contributed by atoms with Gasteiger partial charge in [-0.3, -0.25) is 29.4 Å². The first-order chi connectivity index (χ1) is 15.4. The number of anilines is 2. The predicted molar refractivity (Wildman–Crippen MR) is 115 cm³/mol. The fourth-order valence-corrected chi connectivity index (χ4v) is 5.87. The maximum Gasteiger partial charge on any atom is 0.271 e. The Balaban J connectivity index is 1.21. The molecule has 6 atom stereocenters. The molecule has 4 aliphatic carbocycles. The highest BCUT2D eigenvalue weighted by molar-refractivity contribution is 6.22. The summed E-state index contributed by atoms with van der Waals surface area (Å²) in [6.45, 7) is 0. The Hall–Kier alpha value is -3.81. The van der Waals surface area contributed by atoms with E-state index in [4.69, 9.17) is 0 Å². The van der Waals surface area contributed by atoms with Crippen molar-refractivity contribution < 1.29 is 19.3 Å². The predicted octanol–water partition coefficient (Wildman–Crippen LogP) is 3.40. The van der Waals surface area contributed by atoms with Crippen LogP contribution in [-0.2, 0) is 9.59 Å². The average molecular weight is 429 g/mol. The van der Waals surface area contributed by atoms with E-state index in [2.05, 4.69) is 17.5 Å². The van der Waals surface area contributed by atoms with Crippen molar-refractivity contribution in [3.8, 4) is 0 Å². The molecule has 3 amide bonds. The number of nitrogens with one attached hydrogen (secondary N) is 1. The van der Waals surface area contributed by atoms with Crippen LogP contribution in [0.2, 0.25) is 0 Å². The minimum Gasteiger partial charge on any atom is -0.322 e. The lowest BCUT2D eigenvalue weighted by molar-refractivity contribution is -0.384. The van der Waals surface area contributed by atoms with Crippen LogP contribution >= 0.6 is 0 Å². The van der Waals surface area contributed by atoms with Gasteiger partial charge < -0.3 is 5.32 Å². The van der Waals surface area contributed by atoms with Gasteiger partial charge in [-0.15, -0.1) is 0 Å². The monoisotopic (exact) mass is 429 g/mol. The van der Waals surface area contributed by atoms with Crippen LogP contribution in [0.1, 0.15) is 16.8 Å². The molecule has 1 N–H and O–H groups in total. The number of benzene rings is 2. The second-order valence-electron chi connectivity index (χ2n) is 8.97. The number of allylic oxidation sites excluding steroid dienone is 2. The molecule has 8 heteroatoms. The van der Waals surface area contributed by atoms with Crippen molar-refractivity contribution in [2.75, 3.05) is 10.2 Å². The van der Waals surface area contributed by atoms with Crippen LogP contribution in [0.4, 0.5) is 17.1 Å². The van der Waals surface area contributed by atoms with Gasteiger partial charge in [0.1, 0.15) is 0 Å². The van der Waals surface area contributed by atoms with Gasteiger partial charge in [0.25, 0.3) is 11.6 Å². The molecular formula is C24H19N3O5. The second-order valence-corrected chi connectivity index (χ2v) is 8.97. The van der Waals surface area contributed by atoms with Gasteiger partial charge in [0.2, 0.25) is 11.8 Å².